The molecule has 1 saturated carbocycles. The fourth-order valence-electron chi connectivity index (χ4n) is 4.16. The van der Waals surface area contributed by atoms with Crippen LogP contribution in [0.4, 0.5) is 0 Å². The number of sulfonamides is 1. The van der Waals surface area contributed by atoms with Crippen molar-refractivity contribution in [2.75, 3.05) is 18.8 Å². The smallest absolute Gasteiger partial charge is 0.223 e. The second-order valence-electron chi connectivity index (χ2n) is 7.92. The predicted molar refractivity (Wildman–Crippen MR) is 108 cm³/mol. The molecule has 1 aliphatic carbocycles. The molecule has 0 radical (unpaired) electrons. The maximum Gasteiger partial charge on any atom is 0.223 e. The van der Waals surface area contributed by atoms with Crippen molar-refractivity contribution in [1.29, 1.82) is 0 Å². The number of piperidine rings is 1. The van der Waals surface area contributed by atoms with Gasteiger partial charge < -0.3 is 5.32 Å². The summed E-state index contributed by atoms with van der Waals surface area (Å²) in [7, 11) is -3.26. The average Bonchev–Trinajstić information content (AvgIpc) is 2.96. The van der Waals surface area contributed by atoms with E-state index < -0.39 is 10.0 Å². The van der Waals surface area contributed by atoms with Gasteiger partial charge in [-0.25, -0.2) is 12.7 Å². The molecule has 2 aliphatic rings. The lowest BCUT2D eigenvalue weighted by atomic mass is 9.96. The zero-order valence-electron chi connectivity index (χ0n) is 16.1. The Labute approximate surface area is 163 Å². The van der Waals surface area contributed by atoms with Crippen molar-refractivity contribution in [2.45, 2.75) is 63.8 Å². The topological polar surface area (TPSA) is 66.5 Å². The van der Waals surface area contributed by atoms with E-state index in [1.807, 2.05) is 30.3 Å². The molecule has 2 fully saturated rings. The molecule has 0 spiro atoms. The van der Waals surface area contributed by atoms with Gasteiger partial charge in [0.05, 0.1) is 5.75 Å². The third-order valence-corrected chi connectivity index (χ3v) is 7.78. The molecular formula is C21H32N2O3S. The highest BCUT2D eigenvalue weighted by Crippen LogP contribution is 2.22. The maximum absolute atomic E-state index is 12.6. The van der Waals surface area contributed by atoms with Crippen LogP contribution in [0.5, 0.6) is 0 Å². The Hall–Kier alpha value is -1.40. The zero-order chi connectivity index (χ0) is 19.1. The van der Waals surface area contributed by atoms with Crippen LogP contribution >= 0.6 is 0 Å². The van der Waals surface area contributed by atoms with Crippen molar-refractivity contribution in [3.8, 4) is 0 Å². The van der Waals surface area contributed by atoms with E-state index in [2.05, 4.69) is 5.32 Å². The van der Waals surface area contributed by atoms with E-state index >= 15 is 0 Å². The van der Waals surface area contributed by atoms with Crippen LogP contribution in [0, 0.1) is 5.92 Å². The second-order valence-corrected chi connectivity index (χ2v) is 10.0. The van der Waals surface area contributed by atoms with Crippen molar-refractivity contribution in [2.24, 2.45) is 5.92 Å². The van der Waals surface area contributed by atoms with Gasteiger partial charge in [0.25, 0.3) is 0 Å². The molecule has 0 bridgehead atoms. The second kappa shape index (κ2) is 9.69. The number of hydrogen-bond donors (Lipinski definition) is 1. The minimum Gasteiger partial charge on any atom is -0.353 e. The Morgan fingerprint density at radius 1 is 0.963 bits per heavy atom. The van der Waals surface area contributed by atoms with E-state index in [4.69, 9.17) is 0 Å². The van der Waals surface area contributed by atoms with Crippen LogP contribution in [0.15, 0.2) is 30.3 Å². The molecule has 1 N–H and O–H groups in total. The summed E-state index contributed by atoms with van der Waals surface area (Å²) in [5.74, 6) is 0.215. The summed E-state index contributed by atoms with van der Waals surface area (Å²) >= 11 is 0. The monoisotopic (exact) mass is 392 g/mol. The van der Waals surface area contributed by atoms with Gasteiger partial charge in [-0.3, -0.25) is 4.79 Å². The zero-order valence-corrected chi connectivity index (χ0v) is 16.9. The summed E-state index contributed by atoms with van der Waals surface area (Å²) in [5, 5.41) is 3.22. The van der Waals surface area contributed by atoms with Crippen molar-refractivity contribution >= 4 is 15.9 Å². The Morgan fingerprint density at radius 2 is 1.59 bits per heavy atom. The Kier molecular flexibility index (Phi) is 7.30. The van der Waals surface area contributed by atoms with E-state index in [0.717, 1.165) is 18.4 Å². The fourth-order valence-corrected chi connectivity index (χ4v) is 5.68. The fraction of sp³-hybridized carbons (Fsp3) is 0.667. The van der Waals surface area contributed by atoms with Crippen LogP contribution in [0.2, 0.25) is 0 Å². The summed E-state index contributed by atoms with van der Waals surface area (Å²) in [6.45, 7) is 0.916. The van der Waals surface area contributed by atoms with Gasteiger partial charge in [-0.15, -0.1) is 0 Å². The molecule has 6 heteroatoms. The van der Waals surface area contributed by atoms with Gasteiger partial charge in [-0.05, 0) is 37.7 Å². The highest BCUT2D eigenvalue weighted by Gasteiger charge is 2.31. The number of amides is 1. The van der Waals surface area contributed by atoms with Crippen molar-refractivity contribution in [1.82, 2.24) is 9.62 Å². The van der Waals surface area contributed by atoms with Crippen LogP contribution < -0.4 is 5.32 Å². The minimum absolute atomic E-state index is 0.0474. The molecular weight excluding hydrogens is 360 g/mol. The summed E-state index contributed by atoms with van der Waals surface area (Å²) in [4.78, 5) is 12.6. The van der Waals surface area contributed by atoms with Gasteiger partial charge >= 0.3 is 0 Å². The lowest BCUT2D eigenvalue weighted by molar-refractivity contribution is -0.126. The minimum atomic E-state index is -3.26. The molecule has 1 heterocycles. The average molecular weight is 393 g/mol. The highest BCUT2D eigenvalue weighted by molar-refractivity contribution is 7.89. The van der Waals surface area contributed by atoms with Gasteiger partial charge in [-0.2, -0.15) is 0 Å². The molecule has 150 valence electrons. The third kappa shape index (κ3) is 6.04. The van der Waals surface area contributed by atoms with Crippen LogP contribution in [0.3, 0.4) is 0 Å². The number of rotatable bonds is 6. The molecule has 1 saturated heterocycles. The van der Waals surface area contributed by atoms with E-state index in [1.165, 1.54) is 25.7 Å². The first-order chi connectivity index (χ1) is 13.0. The van der Waals surface area contributed by atoms with E-state index in [9.17, 15) is 13.2 Å². The molecule has 27 heavy (non-hydrogen) atoms. The van der Waals surface area contributed by atoms with Crippen LogP contribution in [0.1, 0.15) is 56.9 Å². The Balaban J connectivity index is 1.45. The normalized spacial score (nSPS) is 20.9. The van der Waals surface area contributed by atoms with Crippen molar-refractivity contribution in [3.63, 3.8) is 0 Å². The predicted octanol–water partition coefficient (Wildman–Crippen LogP) is 3.11. The first kappa shape index (κ1) is 20.3. The summed E-state index contributed by atoms with van der Waals surface area (Å²) in [6, 6.07) is 10.0. The number of aryl methyl sites for hydroxylation is 1. The molecule has 1 amide bonds. The SMILES string of the molecule is O=C(NC1CCCCCC1)C1CCN(S(=O)(=O)CCc2ccccc2)CC1. The molecule has 0 aromatic heterocycles. The van der Waals surface area contributed by atoms with Gasteiger partial charge in [0.15, 0.2) is 0 Å². The van der Waals surface area contributed by atoms with Gasteiger partial charge in [-0.1, -0.05) is 56.0 Å². The molecule has 1 aromatic rings. The molecule has 1 aromatic carbocycles. The van der Waals surface area contributed by atoms with Crippen LogP contribution in [0.25, 0.3) is 0 Å². The van der Waals surface area contributed by atoms with Gasteiger partial charge in [0.1, 0.15) is 0 Å². The number of hydrogen-bond acceptors (Lipinski definition) is 3. The van der Waals surface area contributed by atoms with E-state index in [-0.39, 0.29) is 17.6 Å². The number of nitrogens with zero attached hydrogens (tertiary/aromatic N) is 1. The number of nitrogens with one attached hydrogen (secondary N) is 1. The lowest BCUT2D eigenvalue weighted by Crippen LogP contribution is -2.45. The highest BCUT2D eigenvalue weighted by atomic mass is 32.2. The van der Waals surface area contributed by atoms with E-state index in [0.29, 0.717) is 38.4 Å². The summed E-state index contributed by atoms with van der Waals surface area (Å²) in [5.41, 5.74) is 1.04. The Morgan fingerprint density at radius 3 is 2.22 bits per heavy atom. The third-order valence-electron chi connectivity index (χ3n) is 5.91. The molecule has 1 aliphatic heterocycles. The van der Waals surface area contributed by atoms with Gasteiger partial charge in [0, 0.05) is 25.0 Å². The summed E-state index contributed by atoms with van der Waals surface area (Å²) in [6.07, 6.45) is 8.89. The molecule has 0 unspecified atom stereocenters. The van der Waals surface area contributed by atoms with Crippen LogP contribution in [-0.2, 0) is 21.2 Å². The number of benzene rings is 1. The molecule has 5 nitrogen and oxygen atoms in total. The van der Waals surface area contributed by atoms with Crippen LogP contribution in [-0.4, -0.2) is 43.5 Å². The quantitative estimate of drug-likeness (QED) is 0.757. The van der Waals surface area contributed by atoms with Crippen molar-refractivity contribution in [3.05, 3.63) is 35.9 Å². The largest absolute Gasteiger partial charge is 0.353 e. The first-order valence-electron chi connectivity index (χ1n) is 10.4. The number of carbonyl (C=O) groups excluding carboxylic acids is 1. The molecule has 3 rings (SSSR count). The number of carbonyl (C=O) groups is 1. The summed E-state index contributed by atoms with van der Waals surface area (Å²) < 4.78 is 26.8. The Bertz CT molecular complexity index is 689. The van der Waals surface area contributed by atoms with Gasteiger partial charge in [0.2, 0.25) is 15.9 Å². The lowest BCUT2D eigenvalue weighted by Gasteiger charge is -2.31. The maximum atomic E-state index is 12.6. The standard InChI is InChI=1S/C21H32N2O3S/c24-21(22-20-10-6-1-2-7-11-20)19-12-15-23(16-13-19)27(25,26)17-14-18-8-4-3-5-9-18/h3-5,8-9,19-20H,1-2,6-7,10-17H2,(H,22,24). The van der Waals surface area contributed by atoms with Crippen molar-refractivity contribution < 1.29 is 13.2 Å². The van der Waals surface area contributed by atoms with E-state index in [1.54, 1.807) is 4.31 Å². The molecule has 0 atom stereocenters. The first-order valence-corrected chi connectivity index (χ1v) is 12.0.